The lowest BCUT2D eigenvalue weighted by atomic mass is 10.2. The van der Waals surface area contributed by atoms with E-state index in [-0.39, 0.29) is 4.90 Å². The Morgan fingerprint density at radius 1 is 1.47 bits per heavy atom. The molecule has 0 aliphatic rings. The van der Waals surface area contributed by atoms with Crippen LogP contribution in [0.3, 0.4) is 0 Å². The molecule has 1 aromatic rings. The molecule has 1 aromatic carbocycles. The van der Waals surface area contributed by atoms with E-state index in [2.05, 4.69) is 4.72 Å². The highest BCUT2D eigenvalue weighted by molar-refractivity contribution is 7.89. The highest BCUT2D eigenvalue weighted by atomic mass is 35.5. The van der Waals surface area contributed by atoms with Crippen molar-refractivity contribution in [3.63, 3.8) is 0 Å². The van der Waals surface area contributed by atoms with Crippen LogP contribution in [0.2, 0.25) is 5.02 Å². The summed E-state index contributed by atoms with van der Waals surface area (Å²) in [6.07, 6.45) is 0. The van der Waals surface area contributed by atoms with Crippen LogP contribution >= 0.6 is 11.6 Å². The highest BCUT2D eigenvalue weighted by Gasteiger charge is 2.22. The molecular weight excluding hydrogens is 266 g/mol. The lowest BCUT2D eigenvalue weighted by Crippen LogP contribution is -2.38. The zero-order chi connectivity index (χ0) is 13.2. The first kappa shape index (κ1) is 14.0. The molecule has 0 saturated heterocycles. The van der Waals surface area contributed by atoms with Crippen molar-refractivity contribution < 1.29 is 18.3 Å². The predicted molar refractivity (Wildman–Crippen MR) is 63.6 cm³/mol. The summed E-state index contributed by atoms with van der Waals surface area (Å²) >= 11 is 5.71. The Morgan fingerprint density at radius 2 is 2.06 bits per heavy atom. The number of aryl methyl sites for hydroxylation is 1. The van der Waals surface area contributed by atoms with Gasteiger partial charge in [0.15, 0.2) is 0 Å². The van der Waals surface area contributed by atoms with E-state index in [0.717, 1.165) is 0 Å². The standard InChI is InChI=1S/C10H12ClNO4S/c1-6-5-8(11)3-4-9(6)17(15,16)12-7(2)10(13)14/h3-5,7,12H,1-2H3,(H,13,14). The molecule has 94 valence electrons. The molecule has 17 heavy (non-hydrogen) atoms. The number of hydrogen-bond acceptors (Lipinski definition) is 3. The van der Waals surface area contributed by atoms with Crippen molar-refractivity contribution in [2.45, 2.75) is 24.8 Å². The molecule has 0 amide bonds. The van der Waals surface area contributed by atoms with Gasteiger partial charge in [-0.2, -0.15) is 4.72 Å². The van der Waals surface area contributed by atoms with Gasteiger partial charge >= 0.3 is 5.97 Å². The van der Waals surface area contributed by atoms with Gasteiger partial charge in [0.1, 0.15) is 6.04 Å². The van der Waals surface area contributed by atoms with Crippen LogP contribution in [0.5, 0.6) is 0 Å². The third-order valence-electron chi connectivity index (χ3n) is 2.13. The van der Waals surface area contributed by atoms with Crippen LogP contribution in [-0.4, -0.2) is 25.5 Å². The fourth-order valence-corrected chi connectivity index (χ4v) is 2.91. The molecule has 0 aliphatic carbocycles. The lowest BCUT2D eigenvalue weighted by molar-refractivity contribution is -0.138. The Bertz CT molecular complexity index is 541. The molecule has 1 unspecified atom stereocenters. The molecule has 0 radical (unpaired) electrons. The minimum atomic E-state index is -3.84. The van der Waals surface area contributed by atoms with Gasteiger partial charge in [0.05, 0.1) is 4.90 Å². The van der Waals surface area contributed by atoms with Gasteiger partial charge in [-0.25, -0.2) is 8.42 Å². The maximum atomic E-state index is 11.9. The first-order valence-electron chi connectivity index (χ1n) is 4.75. The first-order valence-corrected chi connectivity index (χ1v) is 6.61. The summed E-state index contributed by atoms with van der Waals surface area (Å²) in [5.74, 6) is -1.24. The van der Waals surface area contributed by atoms with Gasteiger partial charge in [0.2, 0.25) is 10.0 Å². The first-order chi connectivity index (χ1) is 7.74. The predicted octanol–water partition coefficient (Wildman–Crippen LogP) is 1.40. The fourth-order valence-electron chi connectivity index (χ4n) is 1.26. The number of nitrogens with one attached hydrogen (secondary N) is 1. The molecule has 0 saturated carbocycles. The summed E-state index contributed by atoms with van der Waals surface area (Å²) in [4.78, 5) is 10.6. The molecule has 0 fully saturated rings. The van der Waals surface area contributed by atoms with Gasteiger partial charge in [-0.05, 0) is 37.6 Å². The summed E-state index contributed by atoms with van der Waals surface area (Å²) in [5.41, 5.74) is 0.461. The van der Waals surface area contributed by atoms with Crippen LogP contribution in [0.4, 0.5) is 0 Å². The normalized spacial score (nSPS) is 13.4. The number of benzene rings is 1. The zero-order valence-corrected chi connectivity index (χ0v) is 10.8. The number of halogens is 1. The van der Waals surface area contributed by atoms with E-state index < -0.39 is 22.0 Å². The molecule has 0 spiro atoms. The van der Waals surface area contributed by atoms with E-state index >= 15 is 0 Å². The topological polar surface area (TPSA) is 83.5 Å². The molecule has 2 N–H and O–H groups in total. The summed E-state index contributed by atoms with van der Waals surface area (Å²) in [5, 5.41) is 9.08. The van der Waals surface area contributed by atoms with E-state index in [4.69, 9.17) is 16.7 Å². The number of rotatable bonds is 4. The summed E-state index contributed by atoms with van der Waals surface area (Å²) in [6, 6.07) is 3.10. The smallest absolute Gasteiger partial charge is 0.321 e. The van der Waals surface area contributed by atoms with Crippen molar-refractivity contribution in [3.8, 4) is 0 Å². The largest absolute Gasteiger partial charge is 0.480 e. The summed E-state index contributed by atoms with van der Waals surface area (Å²) < 4.78 is 25.8. The van der Waals surface area contributed by atoms with Crippen LogP contribution in [0, 0.1) is 6.92 Å². The quantitative estimate of drug-likeness (QED) is 0.871. The number of carboxylic acid groups (broad SMARTS) is 1. The minimum Gasteiger partial charge on any atom is -0.480 e. The number of sulfonamides is 1. The van der Waals surface area contributed by atoms with Gasteiger partial charge in [0.25, 0.3) is 0 Å². The van der Waals surface area contributed by atoms with Gasteiger partial charge < -0.3 is 5.11 Å². The Hall–Kier alpha value is -1.11. The van der Waals surface area contributed by atoms with E-state index in [0.29, 0.717) is 10.6 Å². The second-order valence-electron chi connectivity index (χ2n) is 3.59. The molecule has 0 bridgehead atoms. The third-order valence-corrected chi connectivity index (χ3v) is 4.06. The monoisotopic (exact) mass is 277 g/mol. The van der Waals surface area contributed by atoms with Gasteiger partial charge in [0, 0.05) is 5.02 Å². The zero-order valence-electron chi connectivity index (χ0n) is 9.27. The van der Waals surface area contributed by atoms with Gasteiger partial charge in [-0.3, -0.25) is 4.79 Å². The summed E-state index contributed by atoms with van der Waals surface area (Å²) in [7, 11) is -3.84. The molecule has 5 nitrogen and oxygen atoms in total. The minimum absolute atomic E-state index is 0.0231. The Balaban J connectivity index is 3.10. The van der Waals surface area contributed by atoms with E-state index in [9.17, 15) is 13.2 Å². The second kappa shape index (κ2) is 5.03. The Morgan fingerprint density at radius 3 is 2.53 bits per heavy atom. The van der Waals surface area contributed by atoms with E-state index in [1.807, 2.05) is 0 Å². The molecular formula is C10H12ClNO4S. The number of carbonyl (C=O) groups is 1. The Labute approximate surface area is 104 Å². The van der Waals surface area contributed by atoms with Crippen molar-refractivity contribution in [1.82, 2.24) is 4.72 Å². The van der Waals surface area contributed by atoms with E-state index in [1.54, 1.807) is 6.92 Å². The number of carboxylic acids is 1. The highest BCUT2D eigenvalue weighted by Crippen LogP contribution is 2.19. The van der Waals surface area contributed by atoms with Gasteiger partial charge in [-0.1, -0.05) is 11.6 Å². The van der Waals surface area contributed by atoms with E-state index in [1.165, 1.54) is 25.1 Å². The SMILES string of the molecule is Cc1cc(Cl)ccc1S(=O)(=O)NC(C)C(=O)O. The lowest BCUT2D eigenvalue weighted by Gasteiger charge is -2.12. The maximum absolute atomic E-state index is 11.9. The van der Waals surface area contributed by atoms with Crippen molar-refractivity contribution in [3.05, 3.63) is 28.8 Å². The third kappa shape index (κ3) is 3.42. The van der Waals surface area contributed by atoms with Crippen molar-refractivity contribution >= 4 is 27.6 Å². The van der Waals surface area contributed by atoms with Crippen LogP contribution in [0.25, 0.3) is 0 Å². The van der Waals surface area contributed by atoms with Crippen molar-refractivity contribution in [2.75, 3.05) is 0 Å². The van der Waals surface area contributed by atoms with Crippen LogP contribution < -0.4 is 4.72 Å². The van der Waals surface area contributed by atoms with Crippen molar-refractivity contribution in [2.24, 2.45) is 0 Å². The molecule has 0 heterocycles. The average Bonchev–Trinajstić information content (AvgIpc) is 2.15. The van der Waals surface area contributed by atoms with Gasteiger partial charge in [-0.15, -0.1) is 0 Å². The molecule has 0 aromatic heterocycles. The molecule has 0 aliphatic heterocycles. The maximum Gasteiger partial charge on any atom is 0.321 e. The molecule has 1 atom stereocenters. The average molecular weight is 278 g/mol. The van der Waals surface area contributed by atoms with Crippen LogP contribution in [0.1, 0.15) is 12.5 Å². The van der Waals surface area contributed by atoms with Crippen LogP contribution in [0.15, 0.2) is 23.1 Å². The number of aliphatic carboxylic acids is 1. The Kier molecular flexibility index (Phi) is 4.13. The van der Waals surface area contributed by atoms with Crippen LogP contribution in [-0.2, 0) is 14.8 Å². The molecule has 1 rings (SSSR count). The molecule has 7 heteroatoms. The fraction of sp³-hybridized carbons (Fsp3) is 0.300. The number of hydrogen-bond donors (Lipinski definition) is 2. The van der Waals surface area contributed by atoms with Crippen molar-refractivity contribution in [1.29, 1.82) is 0 Å². The summed E-state index contributed by atoms with van der Waals surface area (Å²) in [6.45, 7) is 2.84. The second-order valence-corrected chi connectivity index (χ2v) is 5.71.